The molecule has 3 rings (SSSR count). The van der Waals surface area contributed by atoms with Gasteiger partial charge in [0.15, 0.2) is 4.96 Å². The van der Waals surface area contributed by atoms with Crippen molar-refractivity contribution in [2.24, 2.45) is 0 Å². The van der Waals surface area contributed by atoms with Gasteiger partial charge in [-0.15, -0.1) is 11.3 Å². The van der Waals surface area contributed by atoms with Gasteiger partial charge >= 0.3 is 0 Å². The van der Waals surface area contributed by atoms with Crippen molar-refractivity contribution in [3.63, 3.8) is 0 Å². The highest BCUT2D eigenvalue weighted by atomic mass is 32.1. The summed E-state index contributed by atoms with van der Waals surface area (Å²) in [4.78, 5) is 33.1. The van der Waals surface area contributed by atoms with E-state index in [1.54, 1.807) is 12.0 Å². The summed E-state index contributed by atoms with van der Waals surface area (Å²) in [6.07, 6.45) is 3.26. The second-order valence-corrected chi connectivity index (χ2v) is 6.77. The van der Waals surface area contributed by atoms with E-state index in [1.165, 1.54) is 21.9 Å². The molecule has 0 saturated carbocycles. The van der Waals surface area contributed by atoms with Gasteiger partial charge < -0.3 is 9.64 Å². The number of nitrogens with zero attached hydrogens (tertiary/aromatic N) is 3. The Hall–Kier alpha value is -1.73. The predicted molar refractivity (Wildman–Crippen MR) is 84.7 cm³/mol. The first-order valence-corrected chi connectivity index (χ1v) is 8.14. The standard InChI is InChI=1S/C15H19N3O3S/c1-9-10(2)22-15-16-7-12(14(20)18(9)15)13(19)17-6-4-5-11(17)8-21-3/h7,11H,4-6,8H2,1-3H3. The zero-order chi connectivity index (χ0) is 15.9. The van der Waals surface area contributed by atoms with E-state index in [2.05, 4.69) is 4.98 Å². The number of hydrogen-bond donors (Lipinski definition) is 0. The average Bonchev–Trinajstić information content (AvgIpc) is 3.05. The van der Waals surface area contributed by atoms with Crippen LogP contribution < -0.4 is 5.56 Å². The molecule has 6 nitrogen and oxygen atoms in total. The van der Waals surface area contributed by atoms with E-state index in [1.807, 2.05) is 13.8 Å². The summed E-state index contributed by atoms with van der Waals surface area (Å²) in [5, 5.41) is 0. The van der Waals surface area contributed by atoms with Gasteiger partial charge in [0, 0.05) is 30.4 Å². The maximum atomic E-state index is 12.7. The van der Waals surface area contributed by atoms with Crippen molar-refractivity contribution in [3.05, 3.63) is 32.7 Å². The molecule has 1 saturated heterocycles. The molecule has 0 bridgehead atoms. The highest BCUT2D eigenvalue weighted by Gasteiger charge is 2.31. The Morgan fingerprint density at radius 2 is 2.27 bits per heavy atom. The SMILES string of the molecule is COCC1CCCN1C(=O)c1cnc2sc(C)c(C)n2c1=O. The third-order valence-electron chi connectivity index (χ3n) is 4.25. The number of carbonyl (C=O) groups excluding carboxylic acids is 1. The monoisotopic (exact) mass is 321 g/mol. The maximum absolute atomic E-state index is 12.7. The molecule has 1 amide bonds. The number of amides is 1. The van der Waals surface area contributed by atoms with E-state index in [9.17, 15) is 9.59 Å². The van der Waals surface area contributed by atoms with Crippen molar-refractivity contribution >= 4 is 22.2 Å². The van der Waals surface area contributed by atoms with Crippen LogP contribution in [0.25, 0.3) is 4.96 Å². The summed E-state index contributed by atoms with van der Waals surface area (Å²) >= 11 is 1.46. The van der Waals surface area contributed by atoms with Crippen molar-refractivity contribution in [1.82, 2.24) is 14.3 Å². The van der Waals surface area contributed by atoms with Gasteiger partial charge in [-0.3, -0.25) is 14.0 Å². The number of aryl methyl sites for hydroxylation is 2. The lowest BCUT2D eigenvalue weighted by atomic mass is 10.2. The molecule has 2 aromatic heterocycles. The normalized spacial score (nSPS) is 18.3. The minimum absolute atomic E-state index is 0.0444. The van der Waals surface area contributed by atoms with Crippen LogP contribution in [0.5, 0.6) is 0 Å². The van der Waals surface area contributed by atoms with E-state index < -0.39 is 0 Å². The van der Waals surface area contributed by atoms with Crippen molar-refractivity contribution < 1.29 is 9.53 Å². The minimum Gasteiger partial charge on any atom is -0.383 e. The molecular weight excluding hydrogens is 302 g/mol. The molecule has 0 radical (unpaired) electrons. The van der Waals surface area contributed by atoms with Gasteiger partial charge in [-0.25, -0.2) is 4.98 Å². The Bertz CT molecular complexity index is 780. The van der Waals surface area contributed by atoms with Gasteiger partial charge in [0.1, 0.15) is 5.56 Å². The topological polar surface area (TPSA) is 63.9 Å². The fraction of sp³-hybridized carbons (Fsp3) is 0.533. The zero-order valence-corrected chi connectivity index (χ0v) is 13.8. The van der Waals surface area contributed by atoms with Crippen LogP contribution in [-0.2, 0) is 4.74 Å². The number of thiazole rings is 1. The average molecular weight is 321 g/mol. The number of hydrogen-bond acceptors (Lipinski definition) is 5. The number of rotatable bonds is 3. The maximum Gasteiger partial charge on any atom is 0.271 e. The highest BCUT2D eigenvalue weighted by molar-refractivity contribution is 7.17. The van der Waals surface area contributed by atoms with Crippen LogP contribution in [0.15, 0.2) is 11.0 Å². The van der Waals surface area contributed by atoms with Gasteiger partial charge in [-0.1, -0.05) is 0 Å². The summed E-state index contributed by atoms with van der Waals surface area (Å²) in [5.41, 5.74) is 0.711. The Morgan fingerprint density at radius 3 is 3.00 bits per heavy atom. The molecule has 0 N–H and O–H groups in total. The second kappa shape index (κ2) is 5.81. The van der Waals surface area contributed by atoms with Crippen LogP contribution in [0.3, 0.4) is 0 Å². The predicted octanol–water partition coefficient (Wildman–Crippen LogP) is 1.62. The summed E-state index contributed by atoms with van der Waals surface area (Å²) in [6.45, 7) is 4.99. The molecule has 0 aromatic carbocycles. The highest BCUT2D eigenvalue weighted by Crippen LogP contribution is 2.21. The van der Waals surface area contributed by atoms with E-state index >= 15 is 0 Å². The van der Waals surface area contributed by atoms with E-state index in [4.69, 9.17) is 4.74 Å². The Kier molecular flexibility index (Phi) is 4.01. The number of likely N-dealkylation sites (tertiary alicyclic amines) is 1. The third-order valence-corrected chi connectivity index (χ3v) is 5.32. The number of fused-ring (bicyclic) bond motifs is 1. The summed E-state index contributed by atoms with van der Waals surface area (Å²) < 4.78 is 6.71. The molecule has 1 aliphatic rings. The molecule has 0 aliphatic carbocycles. The fourth-order valence-electron chi connectivity index (χ4n) is 2.95. The fourth-order valence-corrected chi connectivity index (χ4v) is 3.88. The van der Waals surface area contributed by atoms with Gasteiger partial charge in [0.05, 0.1) is 12.6 Å². The molecule has 118 valence electrons. The third kappa shape index (κ3) is 2.34. The lowest BCUT2D eigenvalue weighted by Crippen LogP contribution is -2.41. The van der Waals surface area contributed by atoms with Gasteiger partial charge in [0.25, 0.3) is 11.5 Å². The summed E-state index contributed by atoms with van der Waals surface area (Å²) in [5.74, 6) is -0.241. The molecule has 22 heavy (non-hydrogen) atoms. The molecule has 3 heterocycles. The molecule has 2 aromatic rings. The smallest absolute Gasteiger partial charge is 0.271 e. The van der Waals surface area contributed by atoms with Crippen molar-refractivity contribution in [2.45, 2.75) is 32.7 Å². The van der Waals surface area contributed by atoms with Crippen LogP contribution in [-0.4, -0.2) is 46.5 Å². The van der Waals surface area contributed by atoms with Crippen LogP contribution in [0.2, 0.25) is 0 Å². The van der Waals surface area contributed by atoms with E-state index in [0.717, 1.165) is 23.4 Å². The Morgan fingerprint density at radius 1 is 1.50 bits per heavy atom. The largest absolute Gasteiger partial charge is 0.383 e. The first kappa shape index (κ1) is 15.2. The lowest BCUT2D eigenvalue weighted by Gasteiger charge is -2.23. The number of carbonyl (C=O) groups is 1. The molecular formula is C15H19N3O3S. The molecule has 1 aliphatic heterocycles. The van der Waals surface area contributed by atoms with Crippen molar-refractivity contribution in [3.8, 4) is 0 Å². The van der Waals surface area contributed by atoms with Crippen molar-refractivity contribution in [2.75, 3.05) is 20.3 Å². The van der Waals surface area contributed by atoms with E-state index in [0.29, 0.717) is 18.1 Å². The molecule has 0 spiro atoms. The van der Waals surface area contributed by atoms with Gasteiger partial charge in [-0.2, -0.15) is 0 Å². The van der Waals surface area contributed by atoms with Gasteiger partial charge in [-0.05, 0) is 26.7 Å². The van der Waals surface area contributed by atoms with E-state index in [-0.39, 0.29) is 23.1 Å². The first-order valence-electron chi connectivity index (χ1n) is 7.32. The van der Waals surface area contributed by atoms with Crippen LogP contribution >= 0.6 is 11.3 Å². The first-order chi connectivity index (χ1) is 10.5. The lowest BCUT2D eigenvalue weighted by molar-refractivity contribution is 0.0628. The number of ether oxygens (including phenoxy) is 1. The zero-order valence-electron chi connectivity index (χ0n) is 13.0. The molecule has 1 fully saturated rings. The molecule has 1 atom stereocenters. The van der Waals surface area contributed by atoms with Gasteiger partial charge in [0.2, 0.25) is 0 Å². The van der Waals surface area contributed by atoms with Crippen LogP contribution in [0.4, 0.5) is 0 Å². The van der Waals surface area contributed by atoms with Crippen LogP contribution in [0, 0.1) is 13.8 Å². The van der Waals surface area contributed by atoms with Crippen molar-refractivity contribution in [1.29, 1.82) is 0 Å². The number of aromatic nitrogens is 2. The molecule has 7 heteroatoms. The summed E-state index contributed by atoms with van der Waals surface area (Å²) in [7, 11) is 1.63. The Labute approximate surface area is 132 Å². The second-order valence-electron chi connectivity index (χ2n) is 5.59. The molecule has 1 unspecified atom stereocenters. The number of methoxy groups -OCH3 is 1. The minimum atomic E-state index is -0.278. The Balaban J connectivity index is 2.03. The summed E-state index contributed by atoms with van der Waals surface area (Å²) in [6, 6.07) is 0.0444. The van der Waals surface area contributed by atoms with Crippen LogP contribution in [0.1, 0.15) is 33.8 Å². The quantitative estimate of drug-likeness (QED) is 0.862.